The summed E-state index contributed by atoms with van der Waals surface area (Å²) in [7, 11) is 0. The summed E-state index contributed by atoms with van der Waals surface area (Å²) in [4.78, 5) is 23.4. The largest absolute Gasteiger partial charge is 0.416 e. The molecule has 0 aliphatic rings. The molecule has 4 nitrogen and oxygen atoms in total. The Morgan fingerprint density at radius 2 is 1.78 bits per heavy atom. The zero-order valence-corrected chi connectivity index (χ0v) is 13.3. The van der Waals surface area contributed by atoms with Crippen LogP contribution in [-0.4, -0.2) is 17.9 Å². The summed E-state index contributed by atoms with van der Waals surface area (Å²) in [5.74, 6) is 0.200. The molecular formula is C16H21F3N2O2. The van der Waals surface area contributed by atoms with Gasteiger partial charge < -0.3 is 15.4 Å². The zero-order chi connectivity index (χ0) is 17.7. The fraction of sp³-hybridized carbons (Fsp3) is 0.500. The number of carbonyl (C=O) groups excluding carboxylic acids is 2. The summed E-state index contributed by atoms with van der Waals surface area (Å²) in [6.07, 6.45) is -2.81. The van der Waals surface area contributed by atoms with Gasteiger partial charge >= 0.3 is 12.2 Å². The maximum Gasteiger partial charge on any atom is 0.416 e. The molecular weight excluding hydrogens is 309 g/mol. The average molecular weight is 330 g/mol. The monoisotopic (exact) mass is 330 g/mol. The normalized spacial score (nSPS) is 14.2. The van der Waals surface area contributed by atoms with E-state index < -0.39 is 23.3 Å². The lowest BCUT2D eigenvalue weighted by atomic mass is 9.88. The van der Waals surface area contributed by atoms with Gasteiger partial charge in [0.15, 0.2) is 0 Å². The summed E-state index contributed by atoms with van der Waals surface area (Å²) in [6, 6.07) is 3.48. The van der Waals surface area contributed by atoms with E-state index in [1.807, 2.05) is 13.8 Å². The first-order chi connectivity index (χ1) is 10.6. The quantitative estimate of drug-likeness (QED) is 0.767. The molecule has 0 spiro atoms. The second-order valence-electron chi connectivity index (χ2n) is 5.88. The maximum absolute atomic E-state index is 12.5. The lowest BCUT2D eigenvalue weighted by Gasteiger charge is -2.29. The van der Waals surface area contributed by atoms with E-state index >= 15 is 0 Å². The zero-order valence-electron chi connectivity index (χ0n) is 13.3. The highest BCUT2D eigenvalue weighted by Crippen LogP contribution is 2.29. The number of hydrogen-bond donors (Lipinski definition) is 2. The number of alkyl halides is 3. The molecule has 0 heterocycles. The van der Waals surface area contributed by atoms with Gasteiger partial charge in [-0.05, 0) is 43.0 Å². The van der Waals surface area contributed by atoms with Gasteiger partial charge in [0, 0.05) is 5.69 Å². The molecule has 0 aliphatic heterocycles. The van der Waals surface area contributed by atoms with E-state index in [0.29, 0.717) is 19.1 Å². The molecule has 0 radical (unpaired) electrons. The Balaban J connectivity index is 2.77. The minimum absolute atomic E-state index is 0.200. The number of benzene rings is 1. The van der Waals surface area contributed by atoms with Crippen molar-refractivity contribution in [3.05, 3.63) is 29.8 Å². The van der Waals surface area contributed by atoms with Crippen molar-refractivity contribution in [2.75, 3.05) is 5.32 Å². The number of amides is 2. The lowest BCUT2D eigenvalue weighted by molar-refractivity contribution is -0.137. The third-order valence-electron chi connectivity index (χ3n) is 3.46. The Labute approximate surface area is 133 Å². The third kappa shape index (κ3) is 5.58. The van der Waals surface area contributed by atoms with Crippen LogP contribution >= 0.6 is 0 Å². The minimum atomic E-state index is -4.42. The predicted octanol–water partition coefficient (Wildman–Crippen LogP) is 4.22. The number of anilines is 1. The topological polar surface area (TPSA) is 58.2 Å². The van der Waals surface area contributed by atoms with Crippen molar-refractivity contribution in [2.24, 2.45) is 5.92 Å². The molecule has 0 unspecified atom stereocenters. The number of halogens is 3. The van der Waals surface area contributed by atoms with Crippen LogP contribution in [0, 0.1) is 5.92 Å². The summed E-state index contributed by atoms with van der Waals surface area (Å²) in [5.41, 5.74) is -1.56. The number of rotatable bonds is 6. The van der Waals surface area contributed by atoms with Crippen LogP contribution in [0.25, 0.3) is 0 Å². The van der Waals surface area contributed by atoms with Gasteiger partial charge in [0.05, 0.1) is 11.1 Å². The first-order valence-corrected chi connectivity index (χ1v) is 7.34. The minimum Gasteiger partial charge on any atom is -0.326 e. The Morgan fingerprint density at radius 3 is 2.17 bits per heavy atom. The molecule has 1 aromatic carbocycles. The number of nitrogens with one attached hydrogen (secondary N) is 2. The van der Waals surface area contributed by atoms with Crippen LogP contribution in [0.4, 0.5) is 23.7 Å². The van der Waals surface area contributed by atoms with Gasteiger partial charge in [-0.2, -0.15) is 13.2 Å². The molecule has 23 heavy (non-hydrogen) atoms. The molecule has 0 aliphatic carbocycles. The highest BCUT2D eigenvalue weighted by Gasteiger charge is 2.31. The van der Waals surface area contributed by atoms with E-state index in [0.717, 1.165) is 12.1 Å². The Bertz CT molecular complexity index is 541. The van der Waals surface area contributed by atoms with Crippen LogP contribution in [0.15, 0.2) is 24.3 Å². The smallest absolute Gasteiger partial charge is 0.326 e. The number of carbonyl (C=O) groups is 2. The standard InChI is InChI=1S/C16H21F3N2O2/c1-4-15(10-22,9-11(2)3)21-14(23)20-13-7-5-12(6-8-13)16(17,18)19/h5-8,10-11H,4,9H2,1-3H3,(H2,20,21,23)/t15-/m0/s1. The van der Waals surface area contributed by atoms with Crippen LogP contribution in [-0.2, 0) is 11.0 Å². The third-order valence-corrected chi connectivity index (χ3v) is 3.46. The predicted molar refractivity (Wildman–Crippen MR) is 82.1 cm³/mol. The van der Waals surface area contributed by atoms with Crippen LogP contribution in [0.3, 0.4) is 0 Å². The van der Waals surface area contributed by atoms with Crippen molar-refractivity contribution in [1.29, 1.82) is 0 Å². The molecule has 2 N–H and O–H groups in total. The van der Waals surface area contributed by atoms with Crippen LogP contribution < -0.4 is 10.6 Å². The van der Waals surface area contributed by atoms with Crippen LogP contribution in [0.2, 0.25) is 0 Å². The second kappa shape index (κ2) is 7.48. The van der Waals surface area contributed by atoms with E-state index in [2.05, 4.69) is 10.6 Å². The van der Waals surface area contributed by atoms with E-state index in [-0.39, 0.29) is 11.6 Å². The molecule has 0 aromatic heterocycles. The number of aldehydes is 1. The van der Waals surface area contributed by atoms with Gasteiger partial charge in [0.2, 0.25) is 0 Å². The Morgan fingerprint density at radius 1 is 1.22 bits per heavy atom. The summed E-state index contributed by atoms with van der Waals surface area (Å²) in [5, 5.41) is 5.06. The Hall–Kier alpha value is -2.05. The molecule has 0 bridgehead atoms. The Kier molecular flexibility index (Phi) is 6.18. The van der Waals surface area contributed by atoms with Crippen molar-refractivity contribution in [3.63, 3.8) is 0 Å². The van der Waals surface area contributed by atoms with E-state index in [1.165, 1.54) is 12.1 Å². The molecule has 0 fully saturated rings. The van der Waals surface area contributed by atoms with Crippen molar-refractivity contribution >= 4 is 18.0 Å². The van der Waals surface area contributed by atoms with Crippen LogP contribution in [0.5, 0.6) is 0 Å². The van der Waals surface area contributed by atoms with Gasteiger partial charge in [-0.25, -0.2) is 4.79 Å². The first kappa shape index (κ1) is 19.0. The van der Waals surface area contributed by atoms with Crippen molar-refractivity contribution in [2.45, 2.75) is 45.3 Å². The SMILES string of the molecule is CC[C@@](C=O)(CC(C)C)NC(=O)Nc1ccc(C(F)(F)F)cc1. The van der Waals surface area contributed by atoms with Crippen molar-refractivity contribution < 1.29 is 22.8 Å². The van der Waals surface area contributed by atoms with Gasteiger partial charge in [-0.3, -0.25) is 0 Å². The summed E-state index contributed by atoms with van der Waals surface area (Å²) >= 11 is 0. The number of urea groups is 1. The van der Waals surface area contributed by atoms with Gasteiger partial charge in [0.25, 0.3) is 0 Å². The fourth-order valence-electron chi connectivity index (χ4n) is 2.30. The molecule has 128 valence electrons. The highest BCUT2D eigenvalue weighted by atomic mass is 19.4. The van der Waals surface area contributed by atoms with Gasteiger partial charge in [-0.1, -0.05) is 20.8 Å². The fourth-order valence-corrected chi connectivity index (χ4v) is 2.30. The maximum atomic E-state index is 12.5. The molecule has 0 saturated heterocycles. The van der Waals surface area contributed by atoms with Gasteiger partial charge in [0.1, 0.15) is 6.29 Å². The molecule has 1 aromatic rings. The van der Waals surface area contributed by atoms with E-state index in [4.69, 9.17) is 0 Å². The molecule has 7 heteroatoms. The first-order valence-electron chi connectivity index (χ1n) is 7.34. The van der Waals surface area contributed by atoms with Crippen LogP contribution in [0.1, 0.15) is 39.2 Å². The lowest BCUT2D eigenvalue weighted by Crippen LogP contribution is -2.51. The highest BCUT2D eigenvalue weighted by molar-refractivity contribution is 5.91. The van der Waals surface area contributed by atoms with E-state index in [1.54, 1.807) is 6.92 Å². The summed E-state index contributed by atoms with van der Waals surface area (Å²) < 4.78 is 37.4. The summed E-state index contributed by atoms with van der Waals surface area (Å²) in [6.45, 7) is 5.65. The molecule has 1 rings (SSSR count). The molecule has 2 amide bonds. The van der Waals surface area contributed by atoms with Crippen molar-refractivity contribution in [1.82, 2.24) is 5.32 Å². The second-order valence-corrected chi connectivity index (χ2v) is 5.88. The average Bonchev–Trinajstić information content (AvgIpc) is 2.45. The molecule has 1 atom stereocenters. The van der Waals surface area contributed by atoms with Gasteiger partial charge in [-0.15, -0.1) is 0 Å². The number of hydrogen-bond acceptors (Lipinski definition) is 2. The van der Waals surface area contributed by atoms with Crippen molar-refractivity contribution in [3.8, 4) is 0 Å². The molecule has 0 saturated carbocycles. The van der Waals surface area contributed by atoms with E-state index in [9.17, 15) is 22.8 Å².